The molecule has 0 fully saturated rings. The van der Waals surface area contributed by atoms with Crippen LogP contribution < -0.4 is 15.8 Å². The Kier molecular flexibility index (Phi) is 5.79. The van der Waals surface area contributed by atoms with Crippen LogP contribution in [0.25, 0.3) is 0 Å². The van der Waals surface area contributed by atoms with Gasteiger partial charge in [-0.25, -0.2) is 4.68 Å². The van der Waals surface area contributed by atoms with Crippen molar-refractivity contribution in [1.29, 1.82) is 0 Å². The van der Waals surface area contributed by atoms with E-state index in [1.54, 1.807) is 18.9 Å². The number of hydrogen-bond acceptors (Lipinski definition) is 5. The number of methoxy groups -OCH3 is 2. The fourth-order valence-corrected chi connectivity index (χ4v) is 1.56. The molecule has 6 heteroatoms. The molecule has 1 aromatic rings. The third-order valence-corrected chi connectivity index (χ3v) is 2.51. The fraction of sp³-hybridized carbons (Fsp3) is 0.727. The number of rotatable bonds is 8. The molecule has 98 valence electrons. The molecule has 0 aliphatic rings. The third kappa shape index (κ3) is 4.62. The highest BCUT2D eigenvalue weighted by Crippen LogP contribution is 2.14. The maximum atomic E-state index is 5.96. The highest BCUT2D eigenvalue weighted by Gasteiger charge is 2.06. The summed E-state index contributed by atoms with van der Waals surface area (Å²) >= 11 is 0. The zero-order valence-electron chi connectivity index (χ0n) is 10.8. The van der Waals surface area contributed by atoms with E-state index in [2.05, 4.69) is 10.4 Å². The minimum Gasteiger partial charge on any atom is -0.481 e. The first kappa shape index (κ1) is 13.8. The second-order valence-corrected chi connectivity index (χ2v) is 3.97. The van der Waals surface area contributed by atoms with Gasteiger partial charge in [-0.05, 0) is 12.8 Å². The van der Waals surface area contributed by atoms with Crippen molar-refractivity contribution in [3.05, 3.63) is 6.07 Å². The molecule has 3 N–H and O–H groups in total. The SMILES string of the molecule is COCCCC(N)CNc1cc(OC)n(C)n1. The van der Waals surface area contributed by atoms with Crippen LogP contribution in [-0.4, -0.2) is 43.2 Å². The Balaban J connectivity index is 2.29. The molecule has 0 amide bonds. The molecular weight excluding hydrogens is 220 g/mol. The van der Waals surface area contributed by atoms with Gasteiger partial charge in [0.25, 0.3) is 0 Å². The van der Waals surface area contributed by atoms with Crippen LogP contribution in [0.2, 0.25) is 0 Å². The molecular formula is C11H22N4O2. The number of nitrogens with two attached hydrogens (primary N) is 1. The van der Waals surface area contributed by atoms with Gasteiger partial charge >= 0.3 is 0 Å². The topological polar surface area (TPSA) is 74.3 Å². The maximum absolute atomic E-state index is 5.96. The first-order valence-electron chi connectivity index (χ1n) is 5.73. The Hall–Kier alpha value is -1.27. The summed E-state index contributed by atoms with van der Waals surface area (Å²) in [4.78, 5) is 0. The lowest BCUT2D eigenvalue weighted by Gasteiger charge is -2.11. The number of hydrogen-bond donors (Lipinski definition) is 2. The Labute approximate surface area is 102 Å². The lowest BCUT2D eigenvalue weighted by atomic mass is 10.2. The van der Waals surface area contributed by atoms with Crippen LogP contribution in [-0.2, 0) is 11.8 Å². The zero-order chi connectivity index (χ0) is 12.7. The van der Waals surface area contributed by atoms with Gasteiger partial charge < -0.3 is 20.5 Å². The number of nitrogens with zero attached hydrogens (tertiary/aromatic N) is 2. The van der Waals surface area contributed by atoms with E-state index in [1.165, 1.54) is 0 Å². The molecule has 1 unspecified atom stereocenters. The van der Waals surface area contributed by atoms with E-state index in [4.69, 9.17) is 15.2 Å². The molecule has 0 aliphatic heterocycles. The monoisotopic (exact) mass is 242 g/mol. The van der Waals surface area contributed by atoms with Crippen molar-refractivity contribution >= 4 is 5.82 Å². The van der Waals surface area contributed by atoms with E-state index in [-0.39, 0.29) is 6.04 Å². The van der Waals surface area contributed by atoms with Crippen molar-refractivity contribution in [3.8, 4) is 5.88 Å². The van der Waals surface area contributed by atoms with Gasteiger partial charge in [-0.3, -0.25) is 0 Å². The summed E-state index contributed by atoms with van der Waals surface area (Å²) < 4.78 is 11.8. The molecule has 0 bridgehead atoms. The van der Waals surface area contributed by atoms with Crippen molar-refractivity contribution in [1.82, 2.24) is 9.78 Å². The van der Waals surface area contributed by atoms with Gasteiger partial charge in [-0.15, -0.1) is 0 Å². The molecule has 1 heterocycles. The Bertz CT molecular complexity index is 327. The molecule has 1 rings (SSSR count). The van der Waals surface area contributed by atoms with Crippen LogP contribution in [0.1, 0.15) is 12.8 Å². The van der Waals surface area contributed by atoms with Crippen molar-refractivity contribution in [3.63, 3.8) is 0 Å². The van der Waals surface area contributed by atoms with Gasteiger partial charge in [0, 0.05) is 39.4 Å². The Morgan fingerprint density at radius 3 is 2.88 bits per heavy atom. The predicted octanol–water partition coefficient (Wildman–Crippen LogP) is 0.595. The standard InChI is InChI=1S/C11H22N4O2/c1-15-11(17-3)7-10(14-15)13-8-9(12)5-4-6-16-2/h7,9H,4-6,8,12H2,1-3H3,(H,13,14). The van der Waals surface area contributed by atoms with Gasteiger partial charge in [0.05, 0.1) is 7.11 Å². The summed E-state index contributed by atoms with van der Waals surface area (Å²) in [6.07, 6.45) is 1.91. The molecule has 0 spiro atoms. The molecule has 0 aliphatic carbocycles. The molecule has 6 nitrogen and oxygen atoms in total. The predicted molar refractivity (Wildman–Crippen MR) is 67.3 cm³/mol. The normalized spacial score (nSPS) is 12.5. The van der Waals surface area contributed by atoms with E-state index in [1.807, 2.05) is 13.1 Å². The van der Waals surface area contributed by atoms with Gasteiger partial charge in [0.1, 0.15) is 0 Å². The molecule has 17 heavy (non-hydrogen) atoms. The summed E-state index contributed by atoms with van der Waals surface area (Å²) in [6.45, 7) is 1.45. The minimum atomic E-state index is 0.109. The first-order valence-corrected chi connectivity index (χ1v) is 5.73. The van der Waals surface area contributed by atoms with Gasteiger partial charge in [0.2, 0.25) is 5.88 Å². The quantitative estimate of drug-likeness (QED) is 0.653. The minimum absolute atomic E-state index is 0.109. The molecule has 0 aromatic carbocycles. The average molecular weight is 242 g/mol. The largest absolute Gasteiger partial charge is 0.481 e. The highest BCUT2D eigenvalue weighted by molar-refractivity contribution is 5.38. The van der Waals surface area contributed by atoms with Crippen LogP contribution in [0.5, 0.6) is 5.88 Å². The highest BCUT2D eigenvalue weighted by atomic mass is 16.5. The Morgan fingerprint density at radius 1 is 1.53 bits per heavy atom. The number of ether oxygens (including phenoxy) is 2. The third-order valence-electron chi connectivity index (χ3n) is 2.51. The summed E-state index contributed by atoms with van der Waals surface area (Å²) in [7, 11) is 5.16. The summed E-state index contributed by atoms with van der Waals surface area (Å²) in [5.74, 6) is 1.51. The first-order chi connectivity index (χ1) is 8.17. The molecule has 1 aromatic heterocycles. The van der Waals surface area contributed by atoms with Crippen LogP contribution in [0.4, 0.5) is 5.82 Å². The summed E-state index contributed by atoms with van der Waals surface area (Å²) in [5.41, 5.74) is 5.96. The van der Waals surface area contributed by atoms with Crippen LogP contribution in [0, 0.1) is 0 Å². The summed E-state index contributed by atoms with van der Waals surface area (Å²) in [6, 6.07) is 1.96. The van der Waals surface area contributed by atoms with E-state index >= 15 is 0 Å². The maximum Gasteiger partial charge on any atom is 0.213 e. The van der Waals surface area contributed by atoms with E-state index < -0.39 is 0 Å². The van der Waals surface area contributed by atoms with Gasteiger partial charge in [-0.2, -0.15) is 5.10 Å². The molecule has 0 saturated heterocycles. The lowest BCUT2D eigenvalue weighted by Crippen LogP contribution is -2.29. The van der Waals surface area contributed by atoms with Crippen molar-refractivity contribution in [2.45, 2.75) is 18.9 Å². The second kappa shape index (κ2) is 7.13. The van der Waals surface area contributed by atoms with Crippen LogP contribution >= 0.6 is 0 Å². The van der Waals surface area contributed by atoms with Gasteiger partial charge in [0.15, 0.2) is 5.82 Å². The van der Waals surface area contributed by atoms with Crippen molar-refractivity contribution < 1.29 is 9.47 Å². The van der Waals surface area contributed by atoms with E-state index in [9.17, 15) is 0 Å². The van der Waals surface area contributed by atoms with E-state index in [0.29, 0.717) is 6.54 Å². The number of aryl methyl sites for hydroxylation is 1. The van der Waals surface area contributed by atoms with Crippen molar-refractivity contribution in [2.75, 3.05) is 32.7 Å². The lowest BCUT2D eigenvalue weighted by molar-refractivity contribution is 0.191. The number of nitrogens with one attached hydrogen (secondary N) is 1. The fourth-order valence-electron chi connectivity index (χ4n) is 1.56. The van der Waals surface area contributed by atoms with E-state index in [0.717, 1.165) is 31.1 Å². The number of anilines is 1. The summed E-state index contributed by atoms with van der Waals surface area (Å²) in [5, 5.41) is 7.44. The van der Waals surface area contributed by atoms with Gasteiger partial charge in [-0.1, -0.05) is 0 Å². The second-order valence-electron chi connectivity index (χ2n) is 3.97. The Morgan fingerprint density at radius 2 is 2.29 bits per heavy atom. The molecule has 0 saturated carbocycles. The zero-order valence-corrected chi connectivity index (χ0v) is 10.8. The van der Waals surface area contributed by atoms with Crippen LogP contribution in [0.15, 0.2) is 6.07 Å². The molecule has 0 radical (unpaired) electrons. The van der Waals surface area contributed by atoms with Crippen LogP contribution in [0.3, 0.4) is 0 Å². The molecule has 1 atom stereocenters. The van der Waals surface area contributed by atoms with Crippen molar-refractivity contribution in [2.24, 2.45) is 12.8 Å². The average Bonchev–Trinajstić information content (AvgIpc) is 2.67. The number of aromatic nitrogens is 2. The smallest absolute Gasteiger partial charge is 0.213 e.